The molecule has 18 heavy (non-hydrogen) atoms. The summed E-state index contributed by atoms with van der Waals surface area (Å²) in [5.74, 6) is 1.63. The van der Waals surface area contributed by atoms with Gasteiger partial charge in [0.2, 0.25) is 5.89 Å². The Morgan fingerprint density at radius 3 is 2.94 bits per heavy atom. The van der Waals surface area contributed by atoms with Crippen LogP contribution in [0, 0.1) is 0 Å². The first-order valence-corrected chi connectivity index (χ1v) is 6.94. The zero-order chi connectivity index (χ0) is 13.0. The van der Waals surface area contributed by atoms with Gasteiger partial charge in [-0.2, -0.15) is 0 Å². The Morgan fingerprint density at radius 2 is 2.22 bits per heavy atom. The van der Waals surface area contributed by atoms with E-state index in [1.54, 1.807) is 6.20 Å². The quantitative estimate of drug-likeness (QED) is 0.903. The van der Waals surface area contributed by atoms with Crippen LogP contribution in [0.2, 0.25) is 5.02 Å². The van der Waals surface area contributed by atoms with Gasteiger partial charge in [0.05, 0.1) is 12.7 Å². The Labute approximate surface area is 120 Å². The minimum Gasteiger partial charge on any atom is -0.444 e. The van der Waals surface area contributed by atoms with Gasteiger partial charge in [0.1, 0.15) is 5.76 Å². The molecule has 96 valence electrons. The minimum absolute atomic E-state index is 0.610. The number of hydrogen-bond acceptors (Lipinski definition) is 3. The number of aromatic nitrogens is 1. The lowest BCUT2D eigenvalue weighted by atomic mass is 10.2. The summed E-state index contributed by atoms with van der Waals surface area (Å²) in [7, 11) is 0. The second-order valence-corrected chi connectivity index (χ2v) is 5.20. The molecule has 0 aliphatic rings. The number of benzene rings is 1. The normalized spacial score (nSPS) is 10.8. The highest BCUT2D eigenvalue weighted by Crippen LogP contribution is 2.21. The summed E-state index contributed by atoms with van der Waals surface area (Å²) in [6.07, 6.45) is 2.64. The lowest BCUT2D eigenvalue weighted by molar-refractivity contribution is 0.439. The number of aryl methyl sites for hydroxylation is 1. The van der Waals surface area contributed by atoms with Gasteiger partial charge in [-0.15, -0.1) is 0 Å². The first kappa shape index (κ1) is 13.6. The Balaban J connectivity index is 1.90. The van der Waals surface area contributed by atoms with Crippen molar-refractivity contribution < 1.29 is 4.42 Å². The molecule has 0 bridgehead atoms. The van der Waals surface area contributed by atoms with Crippen LogP contribution in [0.15, 0.2) is 33.3 Å². The molecule has 1 heterocycles. The molecule has 0 amide bonds. The monoisotopic (exact) mass is 328 g/mol. The van der Waals surface area contributed by atoms with Crippen molar-refractivity contribution in [3.8, 4) is 0 Å². The molecule has 2 rings (SSSR count). The fraction of sp³-hybridized carbons (Fsp3) is 0.308. The molecule has 3 nitrogen and oxygen atoms in total. The van der Waals surface area contributed by atoms with E-state index in [4.69, 9.17) is 16.0 Å². The van der Waals surface area contributed by atoms with E-state index in [0.29, 0.717) is 19.0 Å². The van der Waals surface area contributed by atoms with E-state index in [9.17, 15) is 0 Å². The molecule has 0 aliphatic carbocycles. The Bertz CT molecular complexity index is 527. The van der Waals surface area contributed by atoms with Crippen molar-refractivity contribution in [3.05, 3.63) is 51.1 Å². The zero-order valence-corrected chi connectivity index (χ0v) is 12.4. The summed E-state index contributed by atoms with van der Waals surface area (Å²) in [6, 6.07) is 5.74. The number of halogens is 2. The average Bonchev–Trinajstić information content (AvgIpc) is 2.81. The van der Waals surface area contributed by atoms with Gasteiger partial charge >= 0.3 is 0 Å². The Hall–Kier alpha value is -0.840. The van der Waals surface area contributed by atoms with E-state index in [1.165, 1.54) is 0 Å². The standard InChI is InChI=1S/C13H14BrClN2O/c1-2-11-7-17-13(18-11)8-16-6-9-5-10(15)3-4-12(9)14/h3-5,7,16H,2,6,8H2,1H3. The highest BCUT2D eigenvalue weighted by Gasteiger charge is 2.04. The summed E-state index contributed by atoms with van der Waals surface area (Å²) in [6.45, 7) is 3.37. The maximum atomic E-state index is 5.96. The van der Waals surface area contributed by atoms with E-state index in [-0.39, 0.29) is 0 Å². The first-order valence-electron chi connectivity index (χ1n) is 5.77. The molecule has 1 aromatic carbocycles. The molecular formula is C13H14BrClN2O. The van der Waals surface area contributed by atoms with Crippen LogP contribution in [-0.2, 0) is 19.5 Å². The maximum absolute atomic E-state index is 5.96. The first-order chi connectivity index (χ1) is 8.69. The zero-order valence-electron chi connectivity index (χ0n) is 10.0. The SMILES string of the molecule is CCc1cnc(CNCc2cc(Cl)ccc2Br)o1. The number of oxazole rings is 1. The predicted molar refractivity (Wildman–Crippen MR) is 75.6 cm³/mol. The topological polar surface area (TPSA) is 38.1 Å². The molecule has 1 aromatic heterocycles. The molecule has 0 radical (unpaired) electrons. The van der Waals surface area contributed by atoms with Crippen molar-refractivity contribution in [3.63, 3.8) is 0 Å². The van der Waals surface area contributed by atoms with Crippen molar-refractivity contribution in [2.75, 3.05) is 0 Å². The molecule has 0 aliphatic heterocycles. The third kappa shape index (κ3) is 3.57. The van der Waals surface area contributed by atoms with E-state index >= 15 is 0 Å². The lowest BCUT2D eigenvalue weighted by Gasteiger charge is -2.05. The van der Waals surface area contributed by atoms with E-state index in [0.717, 1.165) is 27.2 Å². The van der Waals surface area contributed by atoms with Gasteiger partial charge in [-0.05, 0) is 23.8 Å². The van der Waals surface area contributed by atoms with Crippen molar-refractivity contribution in [2.24, 2.45) is 0 Å². The van der Waals surface area contributed by atoms with Crippen LogP contribution < -0.4 is 5.32 Å². The molecule has 1 N–H and O–H groups in total. The van der Waals surface area contributed by atoms with Gasteiger partial charge in [0.15, 0.2) is 0 Å². The number of rotatable bonds is 5. The van der Waals surface area contributed by atoms with Crippen molar-refractivity contribution >= 4 is 27.5 Å². The van der Waals surface area contributed by atoms with E-state index < -0.39 is 0 Å². The molecule has 5 heteroatoms. The predicted octanol–water partition coefficient (Wildman–Crippen LogP) is 3.94. The van der Waals surface area contributed by atoms with E-state index in [1.807, 2.05) is 25.1 Å². The van der Waals surface area contributed by atoms with Crippen LogP contribution in [0.3, 0.4) is 0 Å². The van der Waals surface area contributed by atoms with Crippen LogP contribution in [0.25, 0.3) is 0 Å². The molecular weight excluding hydrogens is 316 g/mol. The van der Waals surface area contributed by atoms with Crippen LogP contribution >= 0.6 is 27.5 Å². The molecule has 0 saturated heterocycles. The number of nitrogens with one attached hydrogen (secondary N) is 1. The molecule has 0 unspecified atom stereocenters. The van der Waals surface area contributed by atoms with Gasteiger partial charge in [0.25, 0.3) is 0 Å². The molecule has 0 atom stereocenters. The van der Waals surface area contributed by atoms with Gasteiger partial charge in [-0.3, -0.25) is 0 Å². The van der Waals surface area contributed by atoms with Crippen LogP contribution in [0.1, 0.15) is 24.1 Å². The van der Waals surface area contributed by atoms with Gasteiger partial charge < -0.3 is 9.73 Å². The number of hydrogen-bond donors (Lipinski definition) is 1. The second-order valence-electron chi connectivity index (χ2n) is 3.91. The van der Waals surface area contributed by atoms with Gasteiger partial charge in [-0.1, -0.05) is 34.5 Å². The maximum Gasteiger partial charge on any atom is 0.208 e. The molecule has 0 saturated carbocycles. The van der Waals surface area contributed by atoms with Crippen LogP contribution in [-0.4, -0.2) is 4.98 Å². The highest BCUT2D eigenvalue weighted by molar-refractivity contribution is 9.10. The van der Waals surface area contributed by atoms with Crippen molar-refractivity contribution in [1.29, 1.82) is 0 Å². The molecule has 0 fully saturated rings. The van der Waals surface area contributed by atoms with Gasteiger partial charge in [-0.25, -0.2) is 4.98 Å². The Morgan fingerprint density at radius 1 is 1.39 bits per heavy atom. The fourth-order valence-corrected chi connectivity index (χ4v) is 2.16. The van der Waals surface area contributed by atoms with Crippen molar-refractivity contribution in [2.45, 2.75) is 26.4 Å². The fourth-order valence-electron chi connectivity index (χ4n) is 1.58. The smallest absolute Gasteiger partial charge is 0.208 e. The lowest BCUT2D eigenvalue weighted by Crippen LogP contribution is -2.13. The average molecular weight is 330 g/mol. The highest BCUT2D eigenvalue weighted by atomic mass is 79.9. The van der Waals surface area contributed by atoms with Crippen LogP contribution in [0.5, 0.6) is 0 Å². The molecule has 2 aromatic rings. The minimum atomic E-state index is 0.610. The summed E-state index contributed by atoms with van der Waals surface area (Å²) in [5.41, 5.74) is 1.12. The summed E-state index contributed by atoms with van der Waals surface area (Å²) >= 11 is 9.45. The largest absolute Gasteiger partial charge is 0.444 e. The summed E-state index contributed by atoms with van der Waals surface area (Å²) in [4.78, 5) is 4.19. The number of nitrogens with zero attached hydrogens (tertiary/aromatic N) is 1. The molecule has 0 spiro atoms. The third-order valence-electron chi connectivity index (χ3n) is 2.55. The summed E-state index contributed by atoms with van der Waals surface area (Å²) < 4.78 is 6.56. The third-order valence-corrected chi connectivity index (χ3v) is 3.56. The Kier molecular flexibility index (Phi) is 4.80. The van der Waals surface area contributed by atoms with Crippen molar-refractivity contribution in [1.82, 2.24) is 10.3 Å². The van der Waals surface area contributed by atoms with E-state index in [2.05, 4.69) is 26.2 Å². The van der Waals surface area contributed by atoms with Crippen LogP contribution in [0.4, 0.5) is 0 Å². The summed E-state index contributed by atoms with van der Waals surface area (Å²) in [5, 5.41) is 4.01. The van der Waals surface area contributed by atoms with Gasteiger partial charge in [0, 0.05) is 22.5 Å². The second kappa shape index (κ2) is 6.36.